The summed E-state index contributed by atoms with van der Waals surface area (Å²) in [7, 11) is 0. The summed E-state index contributed by atoms with van der Waals surface area (Å²) in [6.45, 7) is 2.23. The molecule has 0 bridgehead atoms. The number of ether oxygens (including phenoxy) is 1. The van der Waals surface area contributed by atoms with E-state index in [9.17, 15) is 0 Å². The fraction of sp³-hybridized carbons (Fsp3) is 0.818. The van der Waals surface area contributed by atoms with Crippen LogP contribution in [0, 0.1) is 5.92 Å². The summed E-state index contributed by atoms with van der Waals surface area (Å²) in [5, 5.41) is 0. The topological polar surface area (TPSA) is 12.5 Å². The summed E-state index contributed by atoms with van der Waals surface area (Å²) in [5.74, 6) is 0.820. The average molecular weight is 166 g/mol. The van der Waals surface area contributed by atoms with Crippen molar-refractivity contribution in [2.75, 3.05) is 0 Å². The molecule has 2 rings (SSSR count). The van der Waals surface area contributed by atoms with Gasteiger partial charge in [0, 0.05) is 0 Å². The van der Waals surface area contributed by atoms with Gasteiger partial charge < -0.3 is 4.74 Å². The number of unbranched alkanes of at least 4 members (excludes halogenated alkanes) is 1. The smallest absolute Gasteiger partial charge is 0.0847 e. The number of rotatable bonds is 3. The predicted molar refractivity (Wildman–Crippen MR) is 50.1 cm³/mol. The van der Waals surface area contributed by atoms with Gasteiger partial charge in [0.1, 0.15) is 0 Å². The Morgan fingerprint density at radius 1 is 1.33 bits per heavy atom. The molecule has 1 aliphatic heterocycles. The van der Waals surface area contributed by atoms with Gasteiger partial charge in [-0.15, -0.1) is 0 Å². The van der Waals surface area contributed by atoms with E-state index in [0.717, 1.165) is 5.92 Å². The third-order valence-electron chi connectivity index (χ3n) is 2.91. The molecule has 0 aromatic carbocycles. The SMILES string of the molecule is CCCC=CC1CCC2OC2C1. The molecular weight excluding hydrogens is 148 g/mol. The second-order valence-electron chi connectivity index (χ2n) is 4.00. The van der Waals surface area contributed by atoms with E-state index in [2.05, 4.69) is 19.1 Å². The van der Waals surface area contributed by atoms with Crippen LogP contribution < -0.4 is 0 Å². The molecule has 1 heteroatoms. The van der Waals surface area contributed by atoms with Crippen molar-refractivity contribution >= 4 is 0 Å². The first-order valence-electron chi connectivity index (χ1n) is 5.22. The van der Waals surface area contributed by atoms with Gasteiger partial charge in [-0.3, -0.25) is 0 Å². The van der Waals surface area contributed by atoms with Gasteiger partial charge >= 0.3 is 0 Å². The van der Waals surface area contributed by atoms with Crippen LogP contribution in [0.25, 0.3) is 0 Å². The lowest BCUT2D eigenvalue weighted by molar-refractivity contribution is 0.370. The maximum absolute atomic E-state index is 5.48. The number of epoxide rings is 1. The van der Waals surface area contributed by atoms with Crippen LogP contribution in [-0.4, -0.2) is 12.2 Å². The summed E-state index contributed by atoms with van der Waals surface area (Å²) < 4.78 is 5.48. The zero-order valence-corrected chi connectivity index (χ0v) is 7.83. The molecule has 0 aromatic rings. The third-order valence-corrected chi connectivity index (χ3v) is 2.91. The first-order chi connectivity index (χ1) is 5.90. The van der Waals surface area contributed by atoms with Gasteiger partial charge in [-0.25, -0.2) is 0 Å². The highest BCUT2D eigenvalue weighted by molar-refractivity contribution is 4.99. The van der Waals surface area contributed by atoms with E-state index in [1.165, 1.54) is 32.1 Å². The van der Waals surface area contributed by atoms with E-state index in [4.69, 9.17) is 4.74 Å². The molecule has 1 saturated heterocycles. The molecule has 1 saturated carbocycles. The van der Waals surface area contributed by atoms with Crippen LogP contribution in [0.1, 0.15) is 39.0 Å². The molecule has 0 spiro atoms. The lowest BCUT2D eigenvalue weighted by Gasteiger charge is -2.14. The Bertz CT molecular complexity index is 174. The Kier molecular flexibility index (Phi) is 2.50. The molecule has 68 valence electrons. The normalized spacial score (nSPS) is 39.9. The van der Waals surface area contributed by atoms with Crippen LogP contribution in [0.15, 0.2) is 12.2 Å². The van der Waals surface area contributed by atoms with Crippen LogP contribution in [0.2, 0.25) is 0 Å². The van der Waals surface area contributed by atoms with Gasteiger partial charge in [-0.1, -0.05) is 25.5 Å². The maximum atomic E-state index is 5.48. The second kappa shape index (κ2) is 3.61. The van der Waals surface area contributed by atoms with Crippen molar-refractivity contribution in [2.45, 2.75) is 51.2 Å². The number of hydrogen-bond acceptors (Lipinski definition) is 1. The quantitative estimate of drug-likeness (QED) is 0.464. The summed E-state index contributed by atoms with van der Waals surface area (Å²) >= 11 is 0. The molecule has 0 N–H and O–H groups in total. The molecule has 1 heterocycles. The molecular formula is C11H18O. The third kappa shape index (κ3) is 1.89. The van der Waals surface area contributed by atoms with Crippen LogP contribution in [-0.2, 0) is 4.74 Å². The highest BCUT2D eigenvalue weighted by atomic mass is 16.6. The highest BCUT2D eigenvalue weighted by Crippen LogP contribution is 2.39. The zero-order valence-electron chi connectivity index (χ0n) is 7.83. The van der Waals surface area contributed by atoms with E-state index >= 15 is 0 Å². The van der Waals surface area contributed by atoms with Crippen molar-refractivity contribution in [1.29, 1.82) is 0 Å². The predicted octanol–water partition coefficient (Wildman–Crippen LogP) is 2.91. The fourth-order valence-electron chi connectivity index (χ4n) is 2.07. The van der Waals surface area contributed by atoms with Gasteiger partial charge in [-0.2, -0.15) is 0 Å². The molecule has 1 nitrogen and oxygen atoms in total. The van der Waals surface area contributed by atoms with Gasteiger partial charge in [0.2, 0.25) is 0 Å². The summed E-state index contributed by atoms with van der Waals surface area (Å²) in [5.41, 5.74) is 0. The number of hydrogen-bond donors (Lipinski definition) is 0. The Morgan fingerprint density at radius 2 is 2.25 bits per heavy atom. The molecule has 0 aromatic heterocycles. The fourth-order valence-corrected chi connectivity index (χ4v) is 2.07. The summed E-state index contributed by atoms with van der Waals surface area (Å²) in [4.78, 5) is 0. The Hall–Kier alpha value is -0.300. The molecule has 2 aliphatic rings. The van der Waals surface area contributed by atoms with Gasteiger partial charge in [0.15, 0.2) is 0 Å². The first-order valence-corrected chi connectivity index (χ1v) is 5.22. The van der Waals surface area contributed by atoms with Gasteiger partial charge in [0.25, 0.3) is 0 Å². The molecule has 0 amide bonds. The monoisotopic (exact) mass is 166 g/mol. The molecule has 2 fully saturated rings. The second-order valence-corrected chi connectivity index (χ2v) is 4.00. The van der Waals surface area contributed by atoms with E-state index < -0.39 is 0 Å². The maximum Gasteiger partial charge on any atom is 0.0847 e. The number of fused-ring (bicyclic) bond motifs is 1. The van der Waals surface area contributed by atoms with E-state index in [1.807, 2.05) is 0 Å². The minimum atomic E-state index is 0.634. The van der Waals surface area contributed by atoms with Crippen LogP contribution >= 0.6 is 0 Å². The molecule has 3 atom stereocenters. The van der Waals surface area contributed by atoms with Crippen LogP contribution in [0.5, 0.6) is 0 Å². The van der Waals surface area contributed by atoms with E-state index in [-0.39, 0.29) is 0 Å². The van der Waals surface area contributed by atoms with E-state index in [1.54, 1.807) is 0 Å². The lowest BCUT2D eigenvalue weighted by Crippen LogP contribution is -2.10. The minimum Gasteiger partial charge on any atom is -0.370 e. The highest BCUT2D eigenvalue weighted by Gasteiger charge is 2.42. The zero-order chi connectivity index (χ0) is 8.39. The van der Waals surface area contributed by atoms with Crippen molar-refractivity contribution in [3.05, 3.63) is 12.2 Å². The molecule has 0 radical (unpaired) electrons. The van der Waals surface area contributed by atoms with Gasteiger partial charge in [0.05, 0.1) is 12.2 Å². The van der Waals surface area contributed by atoms with Crippen molar-refractivity contribution in [1.82, 2.24) is 0 Å². The van der Waals surface area contributed by atoms with Gasteiger partial charge in [-0.05, 0) is 31.6 Å². The van der Waals surface area contributed by atoms with E-state index in [0.29, 0.717) is 12.2 Å². The van der Waals surface area contributed by atoms with Crippen LogP contribution in [0.4, 0.5) is 0 Å². The first kappa shape index (κ1) is 8.31. The standard InChI is InChI=1S/C11H18O/c1-2-3-4-5-9-6-7-10-11(8-9)12-10/h4-5,9-11H,2-3,6-8H2,1H3. The summed E-state index contributed by atoms with van der Waals surface area (Å²) in [6.07, 6.45) is 12.5. The average Bonchev–Trinajstić information content (AvgIpc) is 2.83. The lowest BCUT2D eigenvalue weighted by atomic mass is 9.89. The Balaban J connectivity index is 1.73. The molecule has 1 aliphatic carbocycles. The van der Waals surface area contributed by atoms with Crippen LogP contribution in [0.3, 0.4) is 0 Å². The Morgan fingerprint density at radius 3 is 3.00 bits per heavy atom. The van der Waals surface area contributed by atoms with Crippen molar-refractivity contribution < 1.29 is 4.74 Å². The van der Waals surface area contributed by atoms with Crippen molar-refractivity contribution in [3.8, 4) is 0 Å². The number of allylic oxidation sites excluding steroid dienone is 2. The minimum absolute atomic E-state index is 0.634. The summed E-state index contributed by atoms with van der Waals surface area (Å²) in [6, 6.07) is 0. The largest absolute Gasteiger partial charge is 0.370 e. The van der Waals surface area contributed by atoms with Crippen molar-refractivity contribution in [2.24, 2.45) is 5.92 Å². The van der Waals surface area contributed by atoms with Crippen molar-refractivity contribution in [3.63, 3.8) is 0 Å². The molecule has 12 heavy (non-hydrogen) atoms. The molecule has 3 unspecified atom stereocenters. The Labute approximate surface area is 74.8 Å².